The van der Waals surface area contributed by atoms with Gasteiger partial charge in [-0.3, -0.25) is 0 Å². The molecular formula is C11H23OV-. The minimum atomic E-state index is -0.576. The molecule has 1 unspecified atom stereocenters. The Kier molecular flexibility index (Phi) is 6.68. The maximum Gasteiger partial charge on any atom is 0.0400 e. The third-order valence-corrected chi connectivity index (χ3v) is 3.63. The fourth-order valence-corrected chi connectivity index (χ4v) is 1.34. The summed E-state index contributed by atoms with van der Waals surface area (Å²) in [5.41, 5.74) is -0.649. The Balaban J connectivity index is 0. The summed E-state index contributed by atoms with van der Waals surface area (Å²) in [6.07, 6.45) is 1.85. The molecule has 0 bridgehead atoms. The van der Waals surface area contributed by atoms with E-state index in [1.54, 1.807) is 0 Å². The molecular weight excluding hydrogens is 199 g/mol. The van der Waals surface area contributed by atoms with Crippen LogP contribution in [0.15, 0.2) is 0 Å². The molecule has 0 saturated heterocycles. The van der Waals surface area contributed by atoms with Crippen molar-refractivity contribution in [2.24, 2.45) is 5.41 Å². The molecule has 0 fully saturated rings. The van der Waals surface area contributed by atoms with Crippen LogP contribution in [-0.2, 0) is 18.6 Å². The van der Waals surface area contributed by atoms with Gasteiger partial charge in [-0.1, -0.05) is 27.7 Å². The summed E-state index contributed by atoms with van der Waals surface area (Å²) in [7, 11) is 0. The average Bonchev–Trinajstić information content (AvgIpc) is 2.02. The Morgan fingerprint density at radius 2 is 1.54 bits per heavy atom. The van der Waals surface area contributed by atoms with Crippen LogP contribution in [-0.4, -0.2) is 10.7 Å². The largest absolute Gasteiger partial charge is 0.392 e. The van der Waals surface area contributed by atoms with E-state index in [9.17, 15) is 5.11 Å². The molecule has 0 aliphatic heterocycles. The maximum atomic E-state index is 10.1. The van der Waals surface area contributed by atoms with Crippen molar-refractivity contribution in [3.05, 3.63) is 5.92 Å². The third kappa shape index (κ3) is 3.30. The van der Waals surface area contributed by atoms with Crippen molar-refractivity contribution in [1.29, 1.82) is 0 Å². The predicted molar refractivity (Wildman–Crippen MR) is 53.9 cm³/mol. The zero-order valence-corrected chi connectivity index (χ0v) is 11.2. The van der Waals surface area contributed by atoms with Crippen molar-refractivity contribution in [2.75, 3.05) is 0 Å². The van der Waals surface area contributed by atoms with E-state index in [1.807, 2.05) is 13.8 Å². The SMILES string of the molecule is CC[C-](C)C(C)(C)C(C)(O)CC.[V]. The molecule has 1 radical (unpaired) electrons. The zero-order chi connectivity index (χ0) is 9.99. The second-order valence-corrected chi connectivity index (χ2v) is 4.39. The number of hydrogen-bond acceptors (Lipinski definition) is 1. The fraction of sp³-hybridized carbons (Fsp3) is 0.909. The van der Waals surface area contributed by atoms with Crippen LogP contribution in [0.4, 0.5) is 0 Å². The van der Waals surface area contributed by atoms with Gasteiger partial charge < -0.3 is 11.0 Å². The van der Waals surface area contributed by atoms with Gasteiger partial charge in [0.25, 0.3) is 0 Å². The van der Waals surface area contributed by atoms with Gasteiger partial charge in [0.15, 0.2) is 0 Å². The summed E-state index contributed by atoms with van der Waals surface area (Å²) in [5.74, 6) is 1.37. The molecule has 0 aromatic rings. The van der Waals surface area contributed by atoms with Gasteiger partial charge in [0.2, 0.25) is 0 Å². The summed E-state index contributed by atoms with van der Waals surface area (Å²) >= 11 is 0. The van der Waals surface area contributed by atoms with Gasteiger partial charge in [-0.25, -0.2) is 0 Å². The minimum absolute atomic E-state index is 0. The Labute approximate surface area is 95.2 Å². The second kappa shape index (κ2) is 5.43. The van der Waals surface area contributed by atoms with Gasteiger partial charge in [0.1, 0.15) is 0 Å². The number of rotatable bonds is 4. The van der Waals surface area contributed by atoms with Gasteiger partial charge in [0, 0.05) is 24.2 Å². The number of hydrogen-bond donors (Lipinski definition) is 1. The normalized spacial score (nSPS) is 16.6. The van der Waals surface area contributed by atoms with Gasteiger partial charge in [0.05, 0.1) is 0 Å². The second-order valence-electron chi connectivity index (χ2n) is 4.39. The average molecular weight is 222 g/mol. The fourth-order valence-electron chi connectivity index (χ4n) is 1.34. The first kappa shape index (κ1) is 16.0. The molecule has 1 nitrogen and oxygen atoms in total. The van der Waals surface area contributed by atoms with E-state index in [0.717, 1.165) is 12.8 Å². The molecule has 0 spiro atoms. The van der Waals surface area contributed by atoms with Gasteiger partial charge in [-0.2, -0.15) is 13.3 Å². The summed E-state index contributed by atoms with van der Waals surface area (Å²) in [5, 5.41) is 10.1. The summed E-state index contributed by atoms with van der Waals surface area (Å²) in [6.45, 7) is 12.5. The smallest absolute Gasteiger partial charge is 0.0400 e. The molecule has 2 heteroatoms. The van der Waals surface area contributed by atoms with Gasteiger partial charge in [-0.15, -0.1) is 5.41 Å². The standard InChI is InChI=1S/C11H23O.V/c1-7-9(3)10(4,5)11(6,12)8-2;/h12H,7-8H2,1-6H3;/q-1;. The summed E-state index contributed by atoms with van der Waals surface area (Å²) < 4.78 is 0. The third-order valence-electron chi connectivity index (χ3n) is 3.63. The van der Waals surface area contributed by atoms with Crippen molar-refractivity contribution >= 4 is 0 Å². The topological polar surface area (TPSA) is 20.2 Å². The first-order valence-corrected chi connectivity index (χ1v) is 4.84. The summed E-state index contributed by atoms with van der Waals surface area (Å²) in [6, 6.07) is 0. The van der Waals surface area contributed by atoms with Crippen LogP contribution >= 0.6 is 0 Å². The van der Waals surface area contributed by atoms with Crippen molar-refractivity contribution in [2.45, 2.75) is 60.0 Å². The van der Waals surface area contributed by atoms with Gasteiger partial charge in [-0.05, 0) is 13.3 Å². The van der Waals surface area contributed by atoms with E-state index in [0.29, 0.717) is 0 Å². The molecule has 0 aromatic carbocycles. The van der Waals surface area contributed by atoms with Crippen LogP contribution in [0.5, 0.6) is 0 Å². The quantitative estimate of drug-likeness (QED) is 0.724. The van der Waals surface area contributed by atoms with Crippen LogP contribution in [0.3, 0.4) is 0 Å². The van der Waals surface area contributed by atoms with E-state index in [1.165, 1.54) is 5.92 Å². The molecule has 0 amide bonds. The van der Waals surface area contributed by atoms with E-state index in [-0.39, 0.29) is 24.0 Å². The predicted octanol–water partition coefficient (Wildman–Crippen LogP) is 3.18. The van der Waals surface area contributed by atoms with E-state index < -0.39 is 5.60 Å². The van der Waals surface area contributed by atoms with Crippen LogP contribution in [0.2, 0.25) is 0 Å². The molecule has 0 heterocycles. The molecule has 1 N–H and O–H groups in total. The minimum Gasteiger partial charge on any atom is -0.392 e. The van der Waals surface area contributed by atoms with E-state index in [4.69, 9.17) is 0 Å². The molecule has 1 atom stereocenters. The van der Waals surface area contributed by atoms with E-state index >= 15 is 0 Å². The molecule has 0 aromatic heterocycles. The van der Waals surface area contributed by atoms with Crippen LogP contribution in [0.25, 0.3) is 0 Å². The zero-order valence-electron chi connectivity index (χ0n) is 9.81. The molecule has 0 aliphatic rings. The Hall–Kier alpha value is 0.544. The van der Waals surface area contributed by atoms with Crippen molar-refractivity contribution in [3.8, 4) is 0 Å². The monoisotopic (exact) mass is 222 g/mol. The molecule has 0 aliphatic carbocycles. The Morgan fingerprint density at radius 3 is 1.77 bits per heavy atom. The van der Waals surface area contributed by atoms with E-state index in [2.05, 4.69) is 27.7 Å². The van der Waals surface area contributed by atoms with Crippen molar-refractivity contribution < 1.29 is 23.7 Å². The molecule has 0 saturated carbocycles. The first-order chi connectivity index (χ1) is 5.29. The Morgan fingerprint density at radius 1 is 1.15 bits per heavy atom. The Bertz CT molecular complexity index is 141. The van der Waals surface area contributed by atoms with Crippen LogP contribution < -0.4 is 0 Å². The van der Waals surface area contributed by atoms with Gasteiger partial charge >= 0.3 is 0 Å². The summed E-state index contributed by atoms with van der Waals surface area (Å²) in [4.78, 5) is 0. The number of aliphatic hydroxyl groups is 1. The molecule has 0 rings (SSSR count). The van der Waals surface area contributed by atoms with Crippen molar-refractivity contribution in [3.63, 3.8) is 0 Å². The van der Waals surface area contributed by atoms with Crippen LogP contribution in [0, 0.1) is 11.3 Å². The van der Waals surface area contributed by atoms with Crippen LogP contribution in [0.1, 0.15) is 54.4 Å². The molecule has 13 heavy (non-hydrogen) atoms. The molecule has 79 valence electrons. The maximum absolute atomic E-state index is 10.1. The van der Waals surface area contributed by atoms with Crippen molar-refractivity contribution in [1.82, 2.24) is 0 Å². The first-order valence-electron chi connectivity index (χ1n) is 4.84.